The van der Waals surface area contributed by atoms with Crippen LogP contribution >= 0.6 is 0 Å². The fourth-order valence-electron chi connectivity index (χ4n) is 4.61. The van der Waals surface area contributed by atoms with Gasteiger partial charge < -0.3 is 15.2 Å². The Hall–Kier alpha value is -2.89. The first-order valence-corrected chi connectivity index (χ1v) is 10.7. The SMILES string of the molecule is Cc1c(C(=O)Nc2ccc(CC(=O)N3CCCC3)cc2)[nH]c2c1C(=O)CC(C)(C)C2. The number of nitrogens with one attached hydrogen (secondary N) is 2. The number of hydrogen-bond acceptors (Lipinski definition) is 3. The van der Waals surface area contributed by atoms with Gasteiger partial charge in [0.2, 0.25) is 5.91 Å². The zero-order valence-electron chi connectivity index (χ0n) is 17.9. The maximum atomic E-state index is 12.8. The van der Waals surface area contributed by atoms with Crippen LogP contribution in [0.5, 0.6) is 0 Å². The lowest BCUT2D eigenvalue weighted by molar-refractivity contribution is -0.129. The quantitative estimate of drug-likeness (QED) is 0.807. The first-order chi connectivity index (χ1) is 14.2. The number of fused-ring (bicyclic) bond motifs is 1. The van der Waals surface area contributed by atoms with Gasteiger partial charge in [0.15, 0.2) is 5.78 Å². The molecule has 1 fully saturated rings. The summed E-state index contributed by atoms with van der Waals surface area (Å²) in [5.74, 6) is -0.000982. The number of Topliss-reactive ketones (excluding diaryl/α,β-unsaturated/α-hetero) is 1. The first kappa shape index (κ1) is 20.4. The van der Waals surface area contributed by atoms with Gasteiger partial charge in [-0.2, -0.15) is 0 Å². The highest BCUT2D eigenvalue weighted by Gasteiger charge is 2.35. The van der Waals surface area contributed by atoms with Gasteiger partial charge in [0.05, 0.1) is 6.42 Å². The smallest absolute Gasteiger partial charge is 0.272 e. The Bertz CT molecular complexity index is 995. The zero-order chi connectivity index (χ0) is 21.5. The Labute approximate surface area is 177 Å². The summed E-state index contributed by atoms with van der Waals surface area (Å²) in [5, 5.41) is 2.90. The lowest BCUT2D eigenvalue weighted by Crippen LogP contribution is -2.29. The monoisotopic (exact) mass is 407 g/mol. The molecule has 0 unspecified atom stereocenters. The van der Waals surface area contributed by atoms with Crippen LogP contribution in [-0.4, -0.2) is 40.6 Å². The molecule has 1 saturated heterocycles. The predicted octanol–water partition coefficient (Wildman–Crippen LogP) is 3.90. The molecule has 0 saturated carbocycles. The van der Waals surface area contributed by atoms with E-state index in [1.807, 2.05) is 36.1 Å². The third-order valence-corrected chi connectivity index (χ3v) is 6.15. The second-order valence-electron chi connectivity index (χ2n) is 9.34. The maximum absolute atomic E-state index is 12.8. The summed E-state index contributed by atoms with van der Waals surface area (Å²) in [4.78, 5) is 42.8. The van der Waals surface area contributed by atoms with E-state index in [2.05, 4.69) is 24.1 Å². The van der Waals surface area contributed by atoms with Crippen LogP contribution < -0.4 is 5.32 Å². The molecular weight excluding hydrogens is 378 g/mol. The van der Waals surface area contributed by atoms with Crippen LogP contribution in [0.3, 0.4) is 0 Å². The van der Waals surface area contributed by atoms with Gasteiger partial charge in [-0.3, -0.25) is 14.4 Å². The third-order valence-electron chi connectivity index (χ3n) is 6.15. The van der Waals surface area contributed by atoms with Gasteiger partial charge in [-0.25, -0.2) is 0 Å². The first-order valence-electron chi connectivity index (χ1n) is 10.7. The fraction of sp³-hybridized carbons (Fsp3) is 0.458. The van der Waals surface area contributed by atoms with Crippen molar-refractivity contribution in [1.29, 1.82) is 0 Å². The fourth-order valence-corrected chi connectivity index (χ4v) is 4.61. The number of likely N-dealkylation sites (tertiary alicyclic amines) is 1. The third kappa shape index (κ3) is 4.04. The number of aromatic nitrogens is 1. The standard InChI is InChI=1S/C24H29N3O3/c1-15-21-18(13-24(2,3)14-19(21)28)26-22(15)23(30)25-17-8-6-16(7-9-17)12-20(29)27-10-4-5-11-27/h6-9,26H,4-5,10-14H2,1-3H3,(H,25,30). The molecule has 6 heteroatoms. The van der Waals surface area contributed by atoms with Crippen molar-refractivity contribution < 1.29 is 14.4 Å². The highest BCUT2D eigenvalue weighted by Crippen LogP contribution is 2.36. The van der Waals surface area contributed by atoms with Gasteiger partial charge >= 0.3 is 0 Å². The molecule has 0 atom stereocenters. The van der Waals surface area contributed by atoms with Crippen LogP contribution in [-0.2, 0) is 17.6 Å². The number of anilines is 1. The zero-order valence-corrected chi connectivity index (χ0v) is 17.9. The molecule has 30 heavy (non-hydrogen) atoms. The van der Waals surface area contributed by atoms with Gasteiger partial charge in [0.25, 0.3) is 5.91 Å². The van der Waals surface area contributed by atoms with Crippen molar-refractivity contribution in [2.45, 2.75) is 52.9 Å². The molecule has 2 N–H and O–H groups in total. The largest absolute Gasteiger partial charge is 0.354 e. The topological polar surface area (TPSA) is 82.3 Å². The van der Waals surface area contributed by atoms with Crippen LogP contribution in [0.1, 0.15) is 70.8 Å². The number of amides is 2. The lowest BCUT2D eigenvalue weighted by Gasteiger charge is -2.28. The molecule has 6 nitrogen and oxygen atoms in total. The Balaban J connectivity index is 1.44. The van der Waals surface area contributed by atoms with Crippen LogP contribution in [0.4, 0.5) is 5.69 Å². The normalized spacial score (nSPS) is 17.7. The van der Waals surface area contributed by atoms with E-state index < -0.39 is 0 Å². The molecule has 2 heterocycles. The van der Waals surface area contributed by atoms with Crippen molar-refractivity contribution in [3.8, 4) is 0 Å². The molecule has 2 aromatic rings. The van der Waals surface area contributed by atoms with Crippen LogP contribution in [0.2, 0.25) is 0 Å². The molecule has 1 aliphatic heterocycles. The number of nitrogens with zero attached hydrogens (tertiary/aromatic N) is 1. The highest BCUT2D eigenvalue weighted by atomic mass is 16.2. The Kier molecular flexibility index (Phi) is 5.26. The van der Waals surface area contributed by atoms with E-state index in [9.17, 15) is 14.4 Å². The Morgan fingerprint density at radius 3 is 2.43 bits per heavy atom. The van der Waals surface area contributed by atoms with Crippen molar-refractivity contribution in [2.24, 2.45) is 5.41 Å². The van der Waals surface area contributed by atoms with Crippen LogP contribution in [0.25, 0.3) is 0 Å². The molecule has 1 aromatic carbocycles. The van der Waals surface area contributed by atoms with Crippen molar-refractivity contribution in [3.63, 3.8) is 0 Å². The molecule has 1 aromatic heterocycles. The van der Waals surface area contributed by atoms with Crippen molar-refractivity contribution >= 4 is 23.3 Å². The minimum Gasteiger partial charge on any atom is -0.354 e. The van der Waals surface area contributed by atoms with E-state index in [-0.39, 0.29) is 23.0 Å². The molecule has 2 aliphatic rings. The maximum Gasteiger partial charge on any atom is 0.272 e. The number of benzene rings is 1. The second-order valence-corrected chi connectivity index (χ2v) is 9.34. The van der Waals surface area contributed by atoms with E-state index in [0.29, 0.717) is 29.8 Å². The summed E-state index contributed by atoms with van der Waals surface area (Å²) >= 11 is 0. The van der Waals surface area contributed by atoms with Crippen LogP contribution in [0, 0.1) is 12.3 Å². The minimum absolute atomic E-state index is 0.0982. The summed E-state index contributed by atoms with van der Waals surface area (Å²) in [6.07, 6.45) is 3.80. The van der Waals surface area contributed by atoms with E-state index in [4.69, 9.17) is 0 Å². The summed E-state index contributed by atoms with van der Waals surface area (Å²) in [6.45, 7) is 7.67. The minimum atomic E-state index is -0.256. The van der Waals surface area contributed by atoms with E-state index in [1.165, 1.54) is 0 Å². The van der Waals surface area contributed by atoms with Gasteiger partial charge in [-0.15, -0.1) is 0 Å². The van der Waals surface area contributed by atoms with Crippen molar-refractivity contribution in [3.05, 3.63) is 52.3 Å². The summed E-state index contributed by atoms with van der Waals surface area (Å²) in [7, 11) is 0. The lowest BCUT2D eigenvalue weighted by atomic mass is 9.75. The van der Waals surface area contributed by atoms with E-state index >= 15 is 0 Å². The molecule has 0 spiro atoms. The molecule has 2 amide bonds. The number of carbonyl (C=O) groups is 3. The number of carbonyl (C=O) groups excluding carboxylic acids is 3. The molecule has 158 valence electrons. The average Bonchev–Trinajstić information content (AvgIpc) is 3.31. The summed E-state index contributed by atoms with van der Waals surface area (Å²) < 4.78 is 0. The van der Waals surface area contributed by atoms with Gasteiger partial charge in [-0.05, 0) is 54.9 Å². The highest BCUT2D eigenvalue weighted by molar-refractivity contribution is 6.08. The molecule has 0 bridgehead atoms. The van der Waals surface area contributed by atoms with Crippen molar-refractivity contribution in [1.82, 2.24) is 9.88 Å². The number of hydrogen-bond donors (Lipinski definition) is 2. The second kappa shape index (κ2) is 7.74. The molecular formula is C24H29N3O3. The van der Waals surface area contributed by atoms with Gasteiger partial charge in [0.1, 0.15) is 5.69 Å². The molecule has 4 rings (SSSR count). The number of ketones is 1. The molecule has 0 radical (unpaired) electrons. The van der Waals surface area contributed by atoms with Gasteiger partial charge in [-0.1, -0.05) is 26.0 Å². The van der Waals surface area contributed by atoms with Crippen LogP contribution in [0.15, 0.2) is 24.3 Å². The number of rotatable bonds is 4. The summed E-state index contributed by atoms with van der Waals surface area (Å²) in [6, 6.07) is 7.39. The van der Waals surface area contributed by atoms with Crippen molar-refractivity contribution in [2.75, 3.05) is 18.4 Å². The predicted molar refractivity (Wildman–Crippen MR) is 116 cm³/mol. The number of H-pyrrole nitrogens is 1. The van der Waals surface area contributed by atoms with E-state index in [1.54, 1.807) is 0 Å². The van der Waals surface area contributed by atoms with Gasteiger partial charge in [0, 0.05) is 36.5 Å². The Morgan fingerprint density at radius 2 is 1.77 bits per heavy atom. The Morgan fingerprint density at radius 1 is 1.10 bits per heavy atom. The average molecular weight is 408 g/mol. The van der Waals surface area contributed by atoms with E-state index in [0.717, 1.165) is 49.2 Å². The molecule has 1 aliphatic carbocycles. The summed E-state index contributed by atoms with van der Waals surface area (Å²) in [5.41, 5.74) is 4.19. The number of aromatic amines is 1.